The van der Waals surface area contributed by atoms with Crippen LogP contribution >= 0.6 is 12.2 Å². The van der Waals surface area contributed by atoms with E-state index in [0.29, 0.717) is 10.9 Å². The second-order valence-electron chi connectivity index (χ2n) is 5.77. The zero-order chi connectivity index (χ0) is 18.8. The number of anilines is 1. The molecule has 0 saturated carbocycles. The molecular formula is C19H22N4O2S. The van der Waals surface area contributed by atoms with Crippen LogP contribution in [0.4, 0.5) is 5.69 Å². The Morgan fingerprint density at radius 1 is 1.15 bits per heavy atom. The van der Waals surface area contributed by atoms with Gasteiger partial charge in [-0.1, -0.05) is 18.2 Å². The first kappa shape index (κ1) is 19.4. The van der Waals surface area contributed by atoms with Gasteiger partial charge < -0.3 is 15.4 Å². The minimum absolute atomic E-state index is 0.00734. The topological polar surface area (TPSA) is 74.8 Å². The molecule has 0 bridgehead atoms. The van der Waals surface area contributed by atoms with E-state index in [0.717, 1.165) is 11.3 Å². The minimum atomic E-state index is -0.144. The van der Waals surface area contributed by atoms with E-state index in [9.17, 15) is 4.79 Å². The molecule has 0 aromatic heterocycles. The monoisotopic (exact) mass is 370 g/mol. The first-order chi connectivity index (χ1) is 12.5. The normalized spacial score (nSPS) is 10.6. The standard InChI is InChI=1S/C19H22N4O2S/c1-14(2)21-18(24)13-25-17-10-8-15(9-11-17)12-20-23-19(26)22-16-6-4-3-5-7-16/h3-12,14H,13H2,1-2H3,(H,21,24)(H2,22,23,26)/b20-12-. The maximum atomic E-state index is 11.5. The third kappa shape index (κ3) is 7.31. The number of amides is 1. The van der Waals surface area contributed by atoms with Gasteiger partial charge in [0.2, 0.25) is 0 Å². The third-order valence-electron chi connectivity index (χ3n) is 3.11. The summed E-state index contributed by atoms with van der Waals surface area (Å²) < 4.78 is 5.43. The summed E-state index contributed by atoms with van der Waals surface area (Å²) in [6.07, 6.45) is 1.65. The van der Waals surface area contributed by atoms with Gasteiger partial charge >= 0.3 is 0 Å². The van der Waals surface area contributed by atoms with Gasteiger partial charge in [-0.3, -0.25) is 10.2 Å². The Morgan fingerprint density at radius 3 is 2.50 bits per heavy atom. The van der Waals surface area contributed by atoms with Crippen LogP contribution in [-0.4, -0.2) is 29.9 Å². The van der Waals surface area contributed by atoms with Gasteiger partial charge in [0.1, 0.15) is 5.75 Å². The number of carbonyl (C=O) groups is 1. The lowest BCUT2D eigenvalue weighted by atomic mass is 10.2. The first-order valence-corrected chi connectivity index (χ1v) is 8.61. The van der Waals surface area contributed by atoms with Crippen LogP contribution in [0.25, 0.3) is 0 Å². The van der Waals surface area contributed by atoms with Crippen molar-refractivity contribution < 1.29 is 9.53 Å². The maximum absolute atomic E-state index is 11.5. The zero-order valence-electron chi connectivity index (χ0n) is 14.7. The lowest BCUT2D eigenvalue weighted by molar-refractivity contribution is -0.123. The van der Waals surface area contributed by atoms with E-state index in [-0.39, 0.29) is 18.6 Å². The van der Waals surface area contributed by atoms with Gasteiger partial charge in [0, 0.05) is 11.7 Å². The molecule has 0 aliphatic rings. The molecule has 2 aromatic rings. The number of hydrogen-bond acceptors (Lipinski definition) is 4. The van der Waals surface area contributed by atoms with Crippen molar-refractivity contribution in [1.29, 1.82) is 0 Å². The summed E-state index contributed by atoms with van der Waals surface area (Å²) in [4.78, 5) is 11.5. The van der Waals surface area contributed by atoms with Gasteiger partial charge in [-0.25, -0.2) is 0 Å². The van der Waals surface area contributed by atoms with Crippen molar-refractivity contribution in [2.45, 2.75) is 19.9 Å². The molecule has 7 heteroatoms. The highest BCUT2D eigenvalue weighted by molar-refractivity contribution is 7.80. The van der Waals surface area contributed by atoms with Crippen LogP contribution in [0.15, 0.2) is 59.7 Å². The molecule has 0 fully saturated rings. The van der Waals surface area contributed by atoms with E-state index >= 15 is 0 Å². The number of ether oxygens (including phenoxy) is 1. The van der Waals surface area contributed by atoms with Crippen LogP contribution < -0.4 is 20.8 Å². The van der Waals surface area contributed by atoms with E-state index in [4.69, 9.17) is 17.0 Å². The number of thiocarbonyl (C=S) groups is 1. The van der Waals surface area contributed by atoms with Crippen molar-refractivity contribution in [3.8, 4) is 5.75 Å². The number of hydrogen-bond donors (Lipinski definition) is 3. The fraction of sp³-hybridized carbons (Fsp3) is 0.211. The molecule has 1 amide bonds. The zero-order valence-corrected chi connectivity index (χ0v) is 15.5. The Bertz CT molecular complexity index is 746. The quantitative estimate of drug-likeness (QED) is 0.397. The van der Waals surface area contributed by atoms with Crippen LogP contribution in [0.3, 0.4) is 0 Å². The van der Waals surface area contributed by atoms with Crippen molar-refractivity contribution in [3.63, 3.8) is 0 Å². The molecule has 0 aliphatic carbocycles. The van der Waals surface area contributed by atoms with Crippen molar-refractivity contribution >= 4 is 35.1 Å². The number of nitrogens with one attached hydrogen (secondary N) is 3. The van der Waals surface area contributed by atoms with Crippen molar-refractivity contribution in [2.24, 2.45) is 5.10 Å². The van der Waals surface area contributed by atoms with Gasteiger partial charge in [-0.05, 0) is 68.0 Å². The van der Waals surface area contributed by atoms with Crippen LogP contribution in [0.2, 0.25) is 0 Å². The lowest BCUT2D eigenvalue weighted by Gasteiger charge is -2.09. The Kier molecular flexibility index (Phi) is 7.57. The largest absolute Gasteiger partial charge is 0.484 e. The molecule has 0 aliphatic heterocycles. The van der Waals surface area contributed by atoms with E-state index in [2.05, 4.69) is 21.2 Å². The Labute approximate surface area is 158 Å². The molecule has 3 N–H and O–H groups in total. The number of nitrogens with zero attached hydrogens (tertiary/aromatic N) is 1. The Morgan fingerprint density at radius 2 is 1.85 bits per heavy atom. The number of hydrazone groups is 1. The molecular weight excluding hydrogens is 348 g/mol. The smallest absolute Gasteiger partial charge is 0.258 e. The molecule has 0 spiro atoms. The summed E-state index contributed by atoms with van der Waals surface area (Å²) in [5, 5.41) is 10.3. The van der Waals surface area contributed by atoms with Gasteiger partial charge in [-0.2, -0.15) is 5.10 Å². The van der Waals surface area contributed by atoms with E-state index in [1.54, 1.807) is 18.3 Å². The van der Waals surface area contributed by atoms with E-state index in [1.165, 1.54) is 0 Å². The summed E-state index contributed by atoms with van der Waals surface area (Å²) >= 11 is 5.17. The number of rotatable bonds is 7. The average Bonchev–Trinajstić information content (AvgIpc) is 2.61. The van der Waals surface area contributed by atoms with Gasteiger partial charge in [0.15, 0.2) is 11.7 Å². The van der Waals surface area contributed by atoms with Gasteiger partial charge in [0.05, 0.1) is 6.21 Å². The molecule has 2 aromatic carbocycles. The molecule has 6 nitrogen and oxygen atoms in total. The van der Waals surface area contributed by atoms with Gasteiger partial charge in [-0.15, -0.1) is 0 Å². The first-order valence-electron chi connectivity index (χ1n) is 8.20. The molecule has 136 valence electrons. The van der Waals surface area contributed by atoms with Crippen LogP contribution in [0, 0.1) is 0 Å². The fourth-order valence-corrected chi connectivity index (χ4v) is 2.18. The van der Waals surface area contributed by atoms with E-state index in [1.807, 2.05) is 56.3 Å². The number of benzene rings is 2. The molecule has 2 rings (SSSR count). The second-order valence-corrected chi connectivity index (χ2v) is 6.18. The summed E-state index contributed by atoms with van der Waals surface area (Å²) in [5.74, 6) is 0.476. The summed E-state index contributed by atoms with van der Waals surface area (Å²) in [5.41, 5.74) is 4.52. The molecule has 0 radical (unpaired) electrons. The van der Waals surface area contributed by atoms with Crippen LogP contribution in [0.5, 0.6) is 5.75 Å². The molecule has 0 atom stereocenters. The Balaban J connectivity index is 1.76. The number of para-hydroxylation sites is 1. The van der Waals surface area contributed by atoms with Crippen LogP contribution in [-0.2, 0) is 4.79 Å². The molecule has 0 heterocycles. The minimum Gasteiger partial charge on any atom is -0.484 e. The summed E-state index contributed by atoms with van der Waals surface area (Å²) in [6.45, 7) is 3.80. The predicted molar refractivity (Wildman–Crippen MR) is 109 cm³/mol. The molecule has 0 saturated heterocycles. The SMILES string of the molecule is CC(C)NC(=O)COc1ccc(/C=N\NC(=S)Nc2ccccc2)cc1. The third-order valence-corrected chi connectivity index (χ3v) is 3.30. The summed E-state index contributed by atoms with van der Waals surface area (Å²) in [6, 6.07) is 17.0. The maximum Gasteiger partial charge on any atom is 0.258 e. The van der Waals surface area contributed by atoms with Crippen molar-refractivity contribution in [1.82, 2.24) is 10.7 Å². The number of carbonyl (C=O) groups excluding carboxylic acids is 1. The van der Waals surface area contributed by atoms with E-state index < -0.39 is 0 Å². The highest BCUT2D eigenvalue weighted by Crippen LogP contribution is 2.11. The molecule has 0 unspecified atom stereocenters. The predicted octanol–water partition coefficient (Wildman–Crippen LogP) is 2.91. The average molecular weight is 370 g/mol. The lowest BCUT2D eigenvalue weighted by Crippen LogP contribution is -2.34. The van der Waals surface area contributed by atoms with Crippen molar-refractivity contribution in [3.05, 3.63) is 60.2 Å². The molecule has 26 heavy (non-hydrogen) atoms. The summed E-state index contributed by atoms with van der Waals surface area (Å²) in [7, 11) is 0. The fourth-order valence-electron chi connectivity index (χ4n) is 2.01. The second kappa shape index (κ2) is 10.1. The highest BCUT2D eigenvalue weighted by atomic mass is 32.1. The van der Waals surface area contributed by atoms with Crippen molar-refractivity contribution in [2.75, 3.05) is 11.9 Å². The Hall–Kier alpha value is -2.93. The van der Waals surface area contributed by atoms with Crippen LogP contribution in [0.1, 0.15) is 19.4 Å². The van der Waals surface area contributed by atoms with Gasteiger partial charge in [0.25, 0.3) is 5.91 Å². The highest BCUT2D eigenvalue weighted by Gasteiger charge is 2.04.